The fraction of sp³-hybridized carbons (Fsp3) is 0.474. The van der Waals surface area contributed by atoms with Crippen molar-refractivity contribution in [3.8, 4) is 0 Å². The van der Waals surface area contributed by atoms with Gasteiger partial charge < -0.3 is 15.2 Å². The van der Waals surface area contributed by atoms with Gasteiger partial charge in [-0.05, 0) is 57.2 Å². The van der Waals surface area contributed by atoms with Gasteiger partial charge in [0.2, 0.25) is 5.91 Å². The Morgan fingerprint density at radius 2 is 1.96 bits per heavy atom. The molecule has 24 heavy (non-hydrogen) atoms. The van der Waals surface area contributed by atoms with Gasteiger partial charge in [-0.1, -0.05) is 11.6 Å². The molecule has 0 spiro atoms. The lowest BCUT2D eigenvalue weighted by Gasteiger charge is -2.34. The maximum Gasteiger partial charge on any atom is 0.271 e. The summed E-state index contributed by atoms with van der Waals surface area (Å²) in [4.78, 5) is 30.3. The van der Waals surface area contributed by atoms with E-state index in [0.717, 1.165) is 41.3 Å². The van der Waals surface area contributed by atoms with Gasteiger partial charge in [-0.3, -0.25) is 9.59 Å². The molecule has 1 atom stereocenters. The second kappa shape index (κ2) is 6.30. The highest BCUT2D eigenvalue weighted by Gasteiger charge is 2.33. The fourth-order valence-corrected chi connectivity index (χ4v) is 3.75. The predicted molar refractivity (Wildman–Crippen MR) is 95.3 cm³/mol. The number of carbonyl (C=O) groups is 2. The maximum atomic E-state index is 13.1. The van der Waals surface area contributed by atoms with Gasteiger partial charge in [0.05, 0.1) is 0 Å². The summed E-state index contributed by atoms with van der Waals surface area (Å²) in [5.74, 6) is -0.155. The van der Waals surface area contributed by atoms with E-state index in [9.17, 15) is 9.59 Å². The number of carbonyl (C=O) groups excluding carboxylic acids is 2. The molecule has 2 heterocycles. The summed E-state index contributed by atoms with van der Waals surface area (Å²) < 4.78 is 0. The summed E-state index contributed by atoms with van der Waals surface area (Å²) >= 11 is 0. The number of piperidine rings is 1. The molecule has 1 aromatic carbocycles. The summed E-state index contributed by atoms with van der Waals surface area (Å²) in [6.07, 6.45) is 2.64. The van der Waals surface area contributed by atoms with E-state index in [4.69, 9.17) is 0 Å². The van der Waals surface area contributed by atoms with Crippen LogP contribution in [-0.2, 0) is 4.79 Å². The van der Waals surface area contributed by atoms with Gasteiger partial charge in [0.1, 0.15) is 11.7 Å². The van der Waals surface area contributed by atoms with Crippen molar-refractivity contribution in [3.63, 3.8) is 0 Å². The van der Waals surface area contributed by atoms with Crippen LogP contribution in [0.5, 0.6) is 0 Å². The van der Waals surface area contributed by atoms with Gasteiger partial charge >= 0.3 is 0 Å². The third kappa shape index (κ3) is 2.68. The van der Waals surface area contributed by atoms with Gasteiger partial charge in [-0.15, -0.1) is 0 Å². The Kier molecular flexibility index (Phi) is 4.35. The highest BCUT2D eigenvalue weighted by molar-refractivity contribution is 6.03. The number of fused-ring (bicyclic) bond motifs is 1. The lowest BCUT2D eigenvalue weighted by Crippen LogP contribution is -2.51. The number of nitrogens with one attached hydrogen (secondary N) is 2. The zero-order valence-electron chi connectivity index (χ0n) is 14.8. The SMILES string of the molecule is CNC(=O)[C@H]1CCCCN1C(=O)c1[nH]c2c(C)cc(C)cc2c1C. The van der Waals surface area contributed by atoms with Crippen LogP contribution in [0.1, 0.15) is 46.4 Å². The van der Waals surface area contributed by atoms with Crippen LogP contribution in [-0.4, -0.2) is 41.3 Å². The first-order valence-electron chi connectivity index (χ1n) is 8.56. The summed E-state index contributed by atoms with van der Waals surface area (Å²) in [5.41, 5.74) is 4.89. The lowest BCUT2D eigenvalue weighted by molar-refractivity contribution is -0.126. The quantitative estimate of drug-likeness (QED) is 0.891. The largest absolute Gasteiger partial charge is 0.357 e. The summed E-state index contributed by atoms with van der Waals surface area (Å²) in [6.45, 7) is 6.72. The molecule has 2 aromatic rings. The lowest BCUT2D eigenvalue weighted by atomic mass is 10.00. The van der Waals surface area contributed by atoms with Crippen LogP contribution in [0.4, 0.5) is 0 Å². The summed E-state index contributed by atoms with van der Waals surface area (Å²) in [5, 5.41) is 3.77. The van der Waals surface area contributed by atoms with Crippen LogP contribution in [0, 0.1) is 20.8 Å². The minimum atomic E-state index is -0.370. The van der Waals surface area contributed by atoms with Crippen LogP contribution in [0.15, 0.2) is 12.1 Å². The van der Waals surface area contributed by atoms with E-state index in [-0.39, 0.29) is 17.9 Å². The van der Waals surface area contributed by atoms with Crippen LogP contribution in [0.25, 0.3) is 10.9 Å². The number of nitrogens with zero attached hydrogens (tertiary/aromatic N) is 1. The van der Waals surface area contributed by atoms with Gasteiger partial charge in [-0.2, -0.15) is 0 Å². The zero-order valence-corrected chi connectivity index (χ0v) is 14.8. The molecule has 5 nitrogen and oxygen atoms in total. The fourth-order valence-electron chi connectivity index (χ4n) is 3.75. The molecular weight excluding hydrogens is 302 g/mol. The molecular formula is C19H25N3O2. The number of likely N-dealkylation sites (tertiary alicyclic amines) is 1. The highest BCUT2D eigenvalue weighted by atomic mass is 16.2. The first-order chi connectivity index (χ1) is 11.4. The molecule has 1 saturated heterocycles. The number of aromatic nitrogens is 1. The van der Waals surface area contributed by atoms with Crippen molar-refractivity contribution in [1.82, 2.24) is 15.2 Å². The molecule has 0 unspecified atom stereocenters. The van der Waals surface area contributed by atoms with E-state index in [0.29, 0.717) is 12.2 Å². The second-order valence-corrected chi connectivity index (χ2v) is 6.75. The molecule has 0 bridgehead atoms. The maximum absolute atomic E-state index is 13.1. The molecule has 1 aliphatic heterocycles. The Hall–Kier alpha value is -2.30. The van der Waals surface area contributed by atoms with Crippen molar-refractivity contribution in [2.24, 2.45) is 0 Å². The highest BCUT2D eigenvalue weighted by Crippen LogP contribution is 2.28. The van der Waals surface area contributed by atoms with Gasteiger partial charge in [0, 0.05) is 24.5 Å². The normalized spacial score (nSPS) is 18.0. The number of likely N-dealkylation sites (N-methyl/N-ethyl adjacent to an activating group) is 1. The van der Waals surface area contributed by atoms with Crippen molar-refractivity contribution in [2.45, 2.75) is 46.1 Å². The van der Waals surface area contributed by atoms with Crippen molar-refractivity contribution < 1.29 is 9.59 Å². The number of hydrogen-bond acceptors (Lipinski definition) is 2. The van der Waals surface area contributed by atoms with Gasteiger partial charge in [0.25, 0.3) is 5.91 Å². The monoisotopic (exact) mass is 327 g/mol. The van der Waals surface area contributed by atoms with E-state index in [1.54, 1.807) is 11.9 Å². The van der Waals surface area contributed by atoms with E-state index < -0.39 is 0 Å². The first-order valence-corrected chi connectivity index (χ1v) is 8.56. The Labute approximate surface area is 142 Å². The Morgan fingerprint density at radius 3 is 2.67 bits per heavy atom. The zero-order chi connectivity index (χ0) is 17.4. The topological polar surface area (TPSA) is 65.2 Å². The minimum Gasteiger partial charge on any atom is -0.357 e. The van der Waals surface area contributed by atoms with Gasteiger partial charge in [0.15, 0.2) is 0 Å². The second-order valence-electron chi connectivity index (χ2n) is 6.75. The molecule has 128 valence electrons. The number of aromatic amines is 1. The number of amides is 2. The molecule has 2 amide bonds. The first kappa shape index (κ1) is 16.6. The van der Waals surface area contributed by atoms with Crippen molar-refractivity contribution in [3.05, 3.63) is 34.5 Å². The Bertz CT molecular complexity index is 807. The molecule has 5 heteroatoms. The molecule has 1 aliphatic rings. The van der Waals surface area contributed by atoms with E-state index >= 15 is 0 Å². The van der Waals surface area contributed by atoms with Crippen molar-refractivity contribution in [2.75, 3.05) is 13.6 Å². The average Bonchev–Trinajstić information content (AvgIpc) is 2.91. The predicted octanol–water partition coefficient (Wildman–Crippen LogP) is 2.83. The summed E-state index contributed by atoms with van der Waals surface area (Å²) in [7, 11) is 1.62. The standard InChI is InChI=1S/C19H25N3O2/c1-11-9-12(2)16-14(10-11)13(3)17(21-16)19(24)22-8-6-5-7-15(22)18(23)20-4/h9-10,15,21H,5-8H2,1-4H3,(H,20,23)/t15-/m1/s1. The molecule has 0 aliphatic carbocycles. The molecule has 3 rings (SSSR count). The minimum absolute atomic E-state index is 0.0750. The smallest absolute Gasteiger partial charge is 0.271 e. The molecule has 1 fully saturated rings. The molecule has 1 aromatic heterocycles. The van der Waals surface area contributed by atoms with E-state index in [1.807, 2.05) is 13.8 Å². The third-order valence-corrected chi connectivity index (χ3v) is 5.04. The Balaban J connectivity index is 2.03. The number of H-pyrrole nitrogens is 1. The van der Waals surface area contributed by atoms with E-state index in [1.165, 1.54) is 5.56 Å². The molecule has 0 radical (unpaired) electrons. The van der Waals surface area contributed by atoms with Crippen LogP contribution in [0.3, 0.4) is 0 Å². The van der Waals surface area contributed by atoms with Crippen LogP contribution in [0.2, 0.25) is 0 Å². The Morgan fingerprint density at radius 1 is 1.21 bits per heavy atom. The number of benzene rings is 1. The van der Waals surface area contributed by atoms with Gasteiger partial charge in [-0.25, -0.2) is 0 Å². The average molecular weight is 327 g/mol. The number of aryl methyl sites for hydroxylation is 3. The van der Waals surface area contributed by atoms with Crippen LogP contribution >= 0.6 is 0 Å². The number of rotatable bonds is 2. The van der Waals surface area contributed by atoms with Crippen molar-refractivity contribution >= 4 is 22.7 Å². The molecule has 0 saturated carbocycles. The summed E-state index contributed by atoms with van der Waals surface area (Å²) in [6, 6.07) is 3.85. The van der Waals surface area contributed by atoms with E-state index in [2.05, 4.69) is 29.4 Å². The molecule has 2 N–H and O–H groups in total. The van der Waals surface area contributed by atoms with Crippen LogP contribution < -0.4 is 5.32 Å². The van der Waals surface area contributed by atoms with Crippen molar-refractivity contribution in [1.29, 1.82) is 0 Å². The third-order valence-electron chi connectivity index (χ3n) is 5.04. The number of hydrogen-bond donors (Lipinski definition) is 2.